The summed E-state index contributed by atoms with van der Waals surface area (Å²) in [6.07, 6.45) is -3.01. The van der Waals surface area contributed by atoms with E-state index in [1.807, 2.05) is 0 Å². The summed E-state index contributed by atoms with van der Waals surface area (Å²) in [5.74, 6) is 0.420. The van der Waals surface area contributed by atoms with Crippen molar-refractivity contribution in [2.45, 2.75) is 32.0 Å². The van der Waals surface area contributed by atoms with E-state index in [1.54, 1.807) is 7.05 Å². The van der Waals surface area contributed by atoms with Gasteiger partial charge in [0.25, 0.3) is 0 Å². The minimum absolute atomic E-state index is 0.161. The standard InChI is InChI=1S/C17H25F3N4/c1-21-16(23-10-8-17(18,19)20)22-9-4-11-24-12-7-14-5-2-3-6-15(14)13-24/h2-3,5-6H,4,7-13H2,1H3,(H2,21,22,23). The van der Waals surface area contributed by atoms with Crippen molar-refractivity contribution in [3.63, 3.8) is 0 Å². The van der Waals surface area contributed by atoms with Crippen LogP contribution in [-0.2, 0) is 13.0 Å². The lowest BCUT2D eigenvalue weighted by Crippen LogP contribution is -2.40. The van der Waals surface area contributed by atoms with Crippen LogP contribution in [0.4, 0.5) is 13.2 Å². The van der Waals surface area contributed by atoms with Gasteiger partial charge in [-0.1, -0.05) is 24.3 Å². The molecular formula is C17H25F3N4. The summed E-state index contributed by atoms with van der Waals surface area (Å²) in [4.78, 5) is 6.34. The Bertz CT molecular complexity index is 543. The molecule has 0 saturated heterocycles. The summed E-state index contributed by atoms with van der Waals surface area (Å²) < 4.78 is 36.4. The fourth-order valence-corrected chi connectivity index (χ4v) is 2.80. The average Bonchev–Trinajstić information content (AvgIpc) is 2.55. The molecule has 1 aliphatic rings. The number of halogens is 3. The highest BCUT2D eigenvalue weighted by atomic mass is 19.4. The quantitative estimate of drug-likeness (QED) is 0.474. The van der Waals surface area contributed by atoms with Crippen LogP contribution < -0.4 is 10.6 Å². The van der Waals surface area contributed by atoms with Gasteiger partial charge in [-0.3, -0.25) is 9.89 Å². The average molecular weight is 342 g/mol. The third kappa shape index (κ3) is 6.39. The highest BCUT2D eigenvalue weighted by Gasteiger charge is 2.26. The van der Waals surface area contributed by atoms with Crippen LogP contribution in [0.15, 0.2) is 29.3 Å². The molecule has 1 aromatic rings. The molecule has 0 amide bonds. The molecule has 0 saturated carbocycles. The van der Waals surface area contributed by atoms with E-state index in [0.29, 0.717) is 12.5 Å². The van der Waals surface area contributed by atoms with Gasteiger partial charge in [0.15, 0.2) is 5.96 Å². The first-order chi connectivity index (χ1) is 11.5. The number of nitrogens with zero attached hydrogens (tertiary/aromatic N) is 2. The number of nitrogens with one attached hydrogen (secondary N) is 2. The van der Waals surface area contributed by atoms with Crippen LogP contribution in [0.2, 0.25) is 0 Å². The summed E-state index contributed by atoms with van der Waals surface area (Å²) in [6.45, 7) is 3.50. The van der Waals surface area contributed by atoms with Crippen LogP contribution in [0, 0.1) is 0 Å². The van der Waals surface area contributed by atoms with Crippen molar-refractivity contribution >= 4 is 5.96 Å². The number of guanidine groups is 1. The van der Waals surface area contributed by atoms with Gasteiger partial charge in [0, 0.05) is 39.8 Å². The number of fused-ring (bicyclic) bond motifs is 1. The lowest BCUT2D eigenvalue weighted by atomic mass is 10.00. The predicted octanol–water partition coefficient (Wildman–Crippen LogP) is 2.55. The van der Waals surface area contributed by atoms with Crippen molar-refractivity contribution in [2.24, 2.45) is 4.99 Å². The maximum absolute atomic E-state index is 12.1. The van der Waals surface area contributed by atoms with E-state index in [9.17, 15) is 13.2 Å². The molecular weight excluding hydrogens is 317 g/mol. The molecule has 0 atom stereocenters. The van der Waals surface area contributed by atoms with Crippen LogP contribution in [0.5, 0.6) is 0 Å². The second-order valence-corrected chi connectivity index (χ2v) is 5.94. The highest BCUT2D eigenvalue weighted by Crippen LogP contribution is 2.18. The largest absolute Gasteiger partial charge is 0.390 e. The van der Waals surface area contributed by atoms with Gasteiger partial charge in [-0.2, -0.15) is 13.2 Å². The summed E-state index contributed by atoms with van der Waals surface area (Å²) in [7, 11) is 1.56. The minimum atomic E-state index is -4.14. The molecule has 4 nitrogen and oxygen atoms in total. The summed E-state index contributed by atoms with van der Waals surface area (Å²) >= 11 is 0. The monoisotopic (exact) mass is 342 g/mol. The fraction of sp³-hybridized carbons (Fsp3) is 0.588. The van der Waals surface area contributed by atoms with Gasteiger partial charge in [-0.25, -0.2) is 0 Å². The van der Waals surface area contributed by atoms with Crippen LogP contribution in [0.1, 0.15) is 24.0 Å². The molecule has 1 heterocycles. The Balaban J connectivity index is 1.62. The smallest absolute Gasteiger partial charge is 0.356 e. The van der Waals surface area contributed by atoms with Crippen LogP contribution in [0.3, 0.4) is 0 Å². The van der Waals surface area contributed by atoms with Crippen molar-refractivity contribution in [1.82, 2.24) is 15.5 Å². The SMILES string of the molecule is CN=C(NCCCN1CCc2ccccc2C1)NCCC(F)(F)F. The van der Waals surface area contributed by atoms with Gasteiger partial charge >= 0.3 is 6.18 Å². The molecule has 0 radical (unpaired) electrons. The molecule has 0 fully saturated rings. The molecule has 24 heavy (non-hydrogen) atoms. The molecule has 1 aromatic carbocycles. The Kier molecular flexibility index (Phi) is 6.90. The van der Waals surface area contributed by atoms with Crippen molar-refractivity contribution in [2.75, 3.05) is 33.2 Å². The van der Waals surface area contributed by atoms with Crippen molar-refractivity contribution < 1.29 is 13.2 Å². The van der Waals surface area contributed by atoms with Gasteiger partial charge in [0.05, 0.1) is 6.42 Å². The molecule has 2 rings (SSSR count). The summed E-state index contributed by atoms with van der Waals surface area (Å²) in [6, 6.07) is 8.51. The van der Waals surface area contributed by atoms with Crippen LogP contribution >= 0.6 is 0 Å². The Morgan fingerprint density at radius 1 is 1.17 bits per heavy atom. The predicted molar refractivity (Wildman–Crippen MR) is 90.1 cm³/mol. The molecule has 7 heteroatoms. The van der Waals surface area contributed by atoms with E-state index in [-0.39, 0.29) is 6.54 Å². The van der Waals surface area contributed by atoms with Crippen LogP contribution in [-0.4, -0.2) is 50.3 Å². The Morgan fingerprint density at radius 3 is 2.58 bits per heavy atom. The Morgan fingerprint density at radius 2 is 1.88 bits per heavy atom. The normalized spacial score (nSPS) is 15.9. The topological polar surface area (TPSA) is 39.7 Å². The van der Waals surface area contributed by atoms with E-state index in [4.69, 9.17) is 0 Å². The van der Waals surface area contributed by atoms with E-state index in [1.165, 1.54) is 11.1 Å². The molecule has 134 valence electrons. The Labute approximate surface area is 141 Å². The fourth-order valence-electron chi connectivity index (χ4n) is 2.80. The van der Waals surface area contributed by atoms with Gasteiger partial charge in [0.2, 0.25) is 0 Å². The molecule has 0 unspecified atom stereocenters. The lowest BCUT2D eigenvalue weighted by molar-refractivity contribution is -0.132. The molecule has 0 spiro atoms. The molecule has 1 aliphatic heterocycles. The maximum atomic E-state index is 12.1. The second kappa shape index (κ2) is 8.92. The van der Waals surface area contributed by atoms with E-state index in [2.05, 4.69) is 44.8 Å². The maximum Gasteiger partial charge on any atom is 0.390 e. The second-order valence-electron chi connectivity index (χ2n) is 5.94. The first-order valence-corrected chi connectivity index (χ1v) is 8.28. The van der Waals surface area contributed by atoms with E-state index >= 15 is 0 Å². The molecule has 2 N–H and O–H groups in total. The van der Waals surface area contributed by atoms with Crippen molar-refractivity contribution in [3.8, 4) is 0 Å². The van der Waals surface area contributed by atoms with Crippen molar-refractivity contribution in [3.05, 3.63) is 35.4 Å². The highest BCUT2D eigenvalue weighted by molar-refractivity contribution is 5.79. The number of hydrogen-bond acceptors (Lipinski definition) is 2. The van der Waals surface area contributed by atoms with Gasteiger partial charge in [-0.15, -0.1) is 0 Å². The molecule has 0 aliphatic carbocycles. The van der Waals surface area contributed by atoms with E-state index in [0.717, 1.165) is 32.5 Å². The number of benzene rings is 1. The number of alkyl halides is 3. The summed E-state index contributed by atoms with van der Waals surface area (Å²) in [5, 5.41) is 5.74. The van der Waals surface area contributed by atoms with E-state index < -0.39 is 12.6 Å². The third-order valence-corrected chi connectivity index (χ3v) is 4.08. The zero-order valence-corrected chi connectivity index (χ0v) is 14.0. The zero-order chi connectivity index (χ0) is 17.4. The zero-order valence-electron chi connectivity index (χ0n) is 14.0. The molecule has 0 aromatic heterocycles. The third-order valence-electron chi connectivity index (χ3n) is 4.08. The van der Waals surface area contributed by atoms with Gasteiger partial charge in [0.1, 0.15) is 0 Å². The van der Waals surface area contributed by atoms with Crippen LogP contribution in [0.25, 0.3) is 0 Å². The number of aliphatic imine (C=N–C) groups is 1. The Hall–Kier alpha value is -1.76. The van der Waals surface area contributed by atoms with Gasteiger partial charge < -0.3 is 10.6 Å². The lowest BCUT2D eigenvalue weighted by Gasteiger charge is -2.28. The first kappa shape index (κ1) is 18.6. The first-order valence-electron chi connectivity index (χ1n) is 8.28. The summed E-state index contributed by atoms with van der Waals surface area (Å²) in [5.41, 5.74) is 2.82. The van der Waals surface area contributed by atoms with Crippen molar-refractivity contribution in [1.29, 1.82) is 0 Å². The number of rotatable bonds is 6. The molecule has 0 bridgehead atoms. The number of hydrogen-bond donors (Lipinski definition) is 2. The minimum Gasteiger partial charge on any atom is -0.356 e. The van der Waals surface area contributed by atoms with Gasteiger partial charge in [-0.05, 0) is 24.0 Å².